The van der Waals surface area contributed by atoms with E-state index >= 15 is 0 Å². The molecular formula is C21H29N3O2. The maximum Gasteiger partial charge on any atom is 0.195 e. The molecule has 0 heterocycles. The largest absolute Gasteiger partial charge is 0.506 e. The van der Waals surface area contributed by atoms with Crippen molar-refractivity contribution in [2.45, 2.75) is 20.8 Å². The van der Waals surface area contributed by atoms with Gasteiger partial charge in [-0.25, -0.2) is 0 Å². The molecule has 0 fully saturated rings. The van der Waals surface area contributed by atoms with Crippen molar-refractivity contribution in [3.8, 4) is 16.9 Å². The predicted molar refractivity (Wildman–Crippen MR) is 109 cm³/mol. The fraction of sp³-hybridized carbons (Fsp3) is 0.381. The highest BCUT2D eigenvalue weighted by molar-refractivity contribution is 5.95. The molecular weight excluding hydrogens is 326 g/mol. The summed E-state index contributed by atoms with van der Waals surface area (Å²) in [6, 6.07) is 15.6. The summed E-state index contributed by atoms with van der Waals surface area (Å²) in [5.41, 5.74) is 2.81. The zero-order chi connectivity index (χ0) is 19.0. The Labute approximate surface area is 156 Å². The fourth-order valence-electron chi connectivity index (χ4n) is 2.30. The average Bonchev–Trinajstić information content (AvgIpc) is 2.61. The molecule has 0 aromatic heterocycles. The van der Waals surface area contributed by atoms with Crippen molar-refractivity contribution in [1.82, 2.24) is 5.32 Å². The summed E-state index contributed by atoms with van der Waals surface area (Å²) in [5.74, 6) is 0.805. The SMILES string of the molecule is COCCNC(=NCC(C)(C)C)Nc1cc(-c2ccccc2)ccc1O. The van der Waals surface area contributed by atoms with Crippen molar-refractivity contribution in [1.29, 1.82) is 0 Å². The number of hydrogen-bond acceptors (Lipinski definition) is 3. The Balaban J connectivity index is 2.23. The number of guanidine groups is 1. The maximum absolute atomic E-state index is 10.3. The van der Waals surface area contributed by atoms with Gasteiger partial charge in [-0.15, -0.1) is 0 Å². The van der Waals surface area contributed by atoms with E-state index in [4.69, 9.17) is 4.74 Å². The lowest BCUT2D eigenvalue weighted by Crippen LogP contribution is -2.34. The minimum Gasteiger partial charge on any atom is -0.506 e. The van der Waals surface area contributed by atoms with E-state index in [2.05, 4.69) is 36.4 Å². The predicted octanol–water partition coefficient (Wildman–Crippen LogP) is 4.11. The summed E-state index contributed by atoms with van der Waals surface area (Å²) in [6.07, 6.45) is 0. The molecule has 0 unspecified atom stereocenters. The van der Waals surface area contributed by atoms with Crippen molar-refractivity contribution in [2.75, 3.05) is 32.1 Å². The highest BCUT2D eigenvalue weighted by Crippen LogP contribution is 2.29. The second-order valence-corrected chi connectivity index (χ2v) is 7.37. The molecule has 5 heteroatoms. The van der Waals surface area contributed by atoms with E-state index in [9.17, 15) is 5.11 Å². The number of benzene rings is 2. The monoisotopic (exact) mass is 355 g/mol. The van der Waals surface area contributed by atoms with Gasteiger partial charge in [-0.05, 0) is 28.7 Å². The first kappa shape index (κ1) is 19.8. The van der Waals surface area contributed by atoms with Gasteiger partial charge in [0, 0.05) is 20.2 Å². The van der Waals surface area contributed by atoms with E-state index in [1.54, 1.807) is 13.2 Å². The second kappa shape index (κ2) is 9.25. The summed E-state index contributed by atoms with van der Waals surface area (Å²) in [7, 11) is 1.66. The highest BCUT2D eigenvalue weighted by Gasteiger charge is 2.11. The molecule has 2 rings (SSSR count). The van der Waals surface area contributed by atoms with Crippen LogP contribution in [0.2, 0.25) is 0 Å². The third-order valence-corrected chi connectivity index (χ3v) is 3.67. The van der Waals surface area contributed by atoms with Gasteiger partial charge in [0.25, 0.3) is 0 Å². The van der Waals surface area contributed by atoms with Gasteiger partial charge >= 0.3 is 0 Å². The van der Waals surface area contributed by atoms with E-state index in [0.29, 0.717) is 31.3 Å². The smallest absolute Gasteiger partial charge is 0.195 e. The van der Waals surface area contributed by atoms with Crippen molar-refractivity contribution < 1.29 is 9.84 Å². The molecule has 0 bridgehead atoms. The number of methoxy groups -OCH3 is 1. The molecule has 0 saturated carbocycles. The summed E-state index contributed by atoms with van der Waals surface area (Å²) < 4.78 is 5.09. The van der Waals surface area contributed by atoms with Gasteiger partial charge in [-0.2, -0.15) is 0 Å². The number of nitrogens with zero attached hydrogens (tertiary/aromatic N) is 1. The van der Waals surface area contributed by atoms with Crippen LogP contribution in [0.1, 0.15) is 20.8 Å². The minimum absolute atomic E-state index is 0.0732. The number of phenols is 1. The van der Waals surface area contributed by atoms with Gasteiger partial charge < -0.3 is 20.5 Å². The zero-order valence-electron chi connectivity index (χ0n) is 16.0. The van der Waals surface area contributed by atoms with E-state index < -0.39 is 0 Å². The molecule has 0 radical (unpaired) electrons. The standard InChI is InChI=1S/C21H29N3O2/c1-21(2,3)15-23-20(22-12-13-26-4)24-18-14-17(10-11-19(18)25)16-8-6-5-7-9-16/h5-11,14,25H,12-13,15H2,1-4H3,(H2,22,23,24). The van der Waals surface area contributed by atoms with Crippen LogP contribution in [0.4, 0.5) is 5.69 Å². The van der Waals surface area contributed by atoms with E-state index in [0.717, 1.165) is 11.1 Å². The lowest BCUT2D eigenvalue weighted by atomic mass is 9.97. The molecule has 2 aromatic rings. The number of phenolic OH excluding ortho intramolecular Hbond substituents is 1. The van der Waals surface area contributed by atoms with Crippen molar-refractivity contribution in [2.24, 2.45) is 10.4 Å². The molecule has 0 aliphatic heterocycles. The van der Waals surface area contributed by atoms with Gasteiger partial charge in [0.1, 0.15) is 5.75 Å². The first-order valence-electron chi connectivity index (χ1n) is 8.82. The van der Waals surface area contributed by atoms with Crippen LogP contribution in [0.3, 0.4) is 0 Å². The third-order valence-electron chi connectivity index (χ3n) is 3.67. The number of aliphatic imine (C=N–C) groups is 1. The number of aromatic hydroxyl groups is 1. The molecule has 140 valence electrons. The van der Waals surface area contributed by atoms with Crippen LogP contribution in [-0.4, -0.2) is 37.9 Å². The van der Waals surface area contributed by atoms with Crippen molar-refractivity contribution in [3.63, 3.8) is 0 Å². The Kier molecular flexibility index (Phi) is 7.04. The number of ether oxygens (including phenoxy) is 1. The summed E-state index contributed by atoms with van der Waals surface area (Å²) in [6.45, 7) is 8.27. The Hall–Kier alpha value is -2.53. The second-order valence-electron chi connectivity index (χ2n) is 7.37. The summed E-state index contributed by atoms with van der Waals surface area (Å²) in [4.78, 5) is 4.63. The van der Waals surface area contributed by atoms with Gasteiger partial charge in [-0.1, -0.05) is 57.2 Å². The van der Waals surface area contributed by atoms with Gasteiger partial charge in [0.15, 0.2) is 5.96 Å². The van der Waals surface area contributed by atoms with Gasteiger partial charge in [0.05, 0.1) is 12.3 Å². The Morgan fingerprint density at radius 1 is 1.08 bits per heavy atom. The lowest BCUT2D eigenvalue weighted by Gasteiger charge is -2.18. The first-order chi connectivity index (χ1) is 12.4. The minimum atomic E-state index is 0.0732. The average molecular weight is 355 g/mol. The normalized spacial score (nSPS) is 12.1. The van der Waals surface area contributed by atoms with Gasteiger partial charge in [0.2, 0.25) is 0 Å². The van der Waals surface area contributed by atoms with Crippen LogP contribution >= 0.6 is 0 Å². The summed E-state index contributed by atoms with van der Waals surface area (Å²) in [5, 5.41) is 16.7. The Bertz CT molecular complexity index is 722. The number of nitrogens with one attached hydrogen (secondary N) is 2. The molecule has 3 N–H and O–H groups in total. The van der Waals surface area contributed by atoms with Crippen molar-refractivity contribution >= 4 is 11.6 Å². The fourth-order valence-corrected chi connectivity index (χ4v) is 2.30. The van der Waals surface area contributed by atoms with Crippen molar-refractivity contribution in [3.05, 3.63) is 48.5 Å². The number of rotatable bonds is 6. The molecule has 0 saturated heterocycles. The topological polar surface area (TPSA) is 65.9 Å². The van der Waals surface area contributed by atoms with E-state index in [-0.39, 0.29) is 11.2 Å². The lowest BCUT2D eigenvalue weighted by molar-refractivity contribution is 0.204. The van der Waals surface area contributed by atoms with Crippen LogP contribution in [0.15, 0.2) is 53.5 Å². The number of hydrogen-bond donors (Lipinski definition) is 3. The molecule has 0 atom stereocenters. The molecule has 0 aliphatic rings. The van der Waals surface area contributed by atoms with Crippen LogP contribution in [0.25, 0.3) is 11.1 Å². The first-order valence-corrected chi connectivity index (χ1v) is 8.82. The molecule has 26 heavy (non-hydrogen) atoms. The Morgan fingerprint density at radius 3 is 2.46 bits per heavy atom. The van der Waals surface area contributed by atoms with Crippen LogP contribution in [-0.2, 0) is 4.74 Å². The third kappa shape index (κ3) is 6.41. The zero-order valence-corrected chi connectivity index (χ0v) is 16.0. The molecule has 2 aromatic carbocycles. The molecule has 0 amide bonds. The highest BCUT2D eigenvalue weighted by atomic mass is 16.5. The molecule has 0 spiro atoms. The van der Waals surface area contributed by atoms with E-state index in [1.165, 1.54) is 0 Å². The van der Waals surface area contributed by atoms with Crippen LogP contribution in [0.5, 0.6) is 5.75 Å². The summed E-state index contributed by atoms with van der Waals surface area (Å²) >= 11 is 0. The van der Waals surface area contributed by atoms with Gasteiger partial charge in [-0.3, -0.25) is 4.99 Å². The molecule has 5 nitrogen and oxygen atoms in total. The molecule has 0 aliphatic carbocycles. The van der Waals surface area contributed by atoms with Crippen LogP contribution < -0.4 is 10.6 Å². The maximum atomic E-state index is 10.3. The quantitative estimate of drug-likeness (QED) is 0.316. The van der Waals surface area contributed by atoms with E-state index in [1.807, 2.05) is 42.5 Å². The Morgan fingerprint density at radius 2 is 1.81 bits per heavy atom. The van der Waals surface area contributed by atoms with Crippen LogP contribution in [0, 0.1) is 5.41 Å². The number of anilines is 1.